The molecular weight excluding hydrogens is 423 g/mol. The van der Waals surface area contributed by atoms with Gasteiger partial charge in [-0.2, -0.15) is 0 Å². The van der Waals surface area contributed by atoms with Crippen molar-refractivity contribution in [1.82, 2.24) is 15.1 Å². The standard InChI is InChI=1S/C16H28N4OS.HI/c1-13(2)11-17-16(18-12-15(21)19(3)4)20(5)9-8-14-7-6-10-22-14;/h6-7,10,13H,8-9,11-12H2,1-5H3,(H,17,18);1H. The maximum atomic E-state index is 11.7. The Morgan fingerprint density at radius 2 is 2.04 bits per heavy atom. The number of nitrogens with one attached hydrogen (secondary N) is 1. The number of rotatable bonds is 7. The number of likely N-dealkylation sites (N-methyl/N-ethyl adjacent to an activating group) is 2. The molecule has 23 heavy (non-hydrogen) atoms. The lowest BCUT2D eigenvalue weighted by Gasteiger charge is -2.23. The molecule has 132 valence electrons. The zero-order valence-electron chi connectivity index (χ0n) is 14.7. The monoisotopic (exact) mass is 452 g/mol. The first kappa shape index (κ1) is 22.2. The summed E-state index contributed by atoms with van der Waals surface area (Å²) in [6.45, 7) is 6.21. The van der Waals surface area contributed by atoms with Crippen molar-refractivity contribution in [2.45, 2.75) is 20.3 Å². The van der Waals surface area contributed by atoms with Crippen molar-refractivity contribution in [3.8, 4) is 0 Å². The predicted octanol–water partition coefficient (Wildman–Crippen LogP) is 2.53. The second kappa shape index (κ2) is 11.7. The van der Waals surface area contributed by atoms with Crippen LogP contribution in [0.1, 0.15) is 18.7 Å². The van der Waals surface area contributed by atoms with Crippen molar-refractivity contribution in [3.05, 3.63) is 22.4 Å². The maximum absolute atomic E-state index is 11.7. The van der Waals surface area contributed by atoms with E-state index in [1.54, 1.807) is 30.3 Å². The van der Waals surface area contributed by atoms with Gasteiger partial charge in [0.25, 0.3) is 0 Å². The average molecular weight is 452 g/mol. The van der Waals surface area contributed by atoms with Crippen LogP contribution in [0.15, 0.2) is 22.5 Å². The summed E-state index contributed by atoms with van der Waals surface area (Å²) >= 11 is 1.77. The number of nitrogens with zero attached hydrogens (tertiary/aromatic N) is 3. The quantitative estimate of drug-likeness (QED) is 0.393. The Bertz CT molecular complexity index is 474. The van der Waals surface area contributed by atoms with Gasteiger partial charge in [-0.1, -0.05) is 19.9 Å². The molecule has 0 spiro atoms. The number of halogens is 1. The number of thiophene rings is 1. The zero-order chi connectivity index (χ0) is 16.5. The minimum absolute atomic E-state index is 0. The molecule has 1 aromatic rings. The summed E-state index contributed by atoms with van der Waals surface area (Å²) in [6, 6.07) is 4.22. The largest absolute Gasteiger partial charge is 0.356 e. The van der Waals surface area contributed by atoms with Gasteiger partial charge in [0.15, 0.2) is 5.96 Å². The zero-order valence-corrected chi connectivity index (χ0v) is 17.9. The third kappa shape index (κ3) is 9.14. The Balaban J connectivity index is 0.00000484. The fourth-order valence-electron chi connectivity index (χ4n) is 1.73. The van der Waals surface area contributed by atoms with Crippen molar-refractivity contribution in [2.24, 2.45) is 10.9 Å². The van der Waals surface area contributed by atoms with Gasteiger partial charge in [0.05, 0.1) is 0 Å². The third-order valence-corrected chi connectivity index (χ3v) is 4.10. The molecule has 0 saturated heterocycles. The van der Waals surface area contributed by atoms with E-state index in [4.69, 9.17) is 0 Å². The van der Waals surface area contributed by atoms with Crippen molar-refractivity contribution in [3.63, 3.8) is 0 Å². The van der Waals surface area contributed by atoms with E-state index in [1.165, 1.54) is 4.88 Å². The number of aliphatic imine (C=N–C) groups is 1. The molecule has 5 nitrogen and oxygen atoms in total. The first-order valence-corrected chi connectivity index (χ1v) is 8.50. The van der Waals surface area contributed by atoms with Crippen LogP contribution < -0.4 is 5.32 Å². The van der Waals surface area contributed by atoms with Crippen LogP contribution in [0.3, 0.4) is 0 Å². The molecule has 0 aliphatic carbocycles. The predicted molar refractivity (Wildman–Crippen MR) is 110 cm³/mol. The average Bonchev–Trinajstić information content (AvgIpc) is 2.97. The smallest absolute Gasteiger partial charge is 0.243 e. The number of amides is 1. The van der Waals surface area contributed by atoms with Crippen LogP contribution in [0.4, 0.5) is 0 Å². The lowest BCUT2D eigenvalue weighted by atomic mass is 10.2. The minimum atomic E-state index is 0. The van der Waals surface area contributed by atoms with E-state index in [0.717, 1.165) is 25.5 Å². The van der Waals surface area contributed by atoms with E-state index in [2.05, 4.69) is 46.6 Å². The molecule has 0 saturated carbocycles. The van der Waals surface area contributed by atoms with Gasteiger partial charge >= 0.3 is 0 Å². The van der Waals surface area contributed by atoms with Crippen LogP contribution in [0, 0.1) is 5.92 Å². The topological polar surface area (TPSA) is 47.9 Å². The van der Waals surface area contributed by atoms with E-state index in [1.807, 2.05) is 7.05 Å². The van der Waals surface area contributed by atoms with Gasteiger partial charge in [0, 0.05) is 39.1 Å². The number of hydrogen-bond donors (Lipinski definition) is 1. The summed E-state index contributed by atoms with van der Waals surface area (Å²) in [5, 5.41) is 5.45. The third-order valence-electron chi connectivity index (χ3n) is 3.17. The highest BCUT2D eigenvalue weighted by Gasteiger charge is 2.10. The first-order chi connectivity index (χ1) is 10.4. The van der Waals surface area contributed by atoms with Gasteiger partial charge in [0.1, 0.15) is 6.54 Å². The molecule has 1 amide bonds. The van der Waals surface area contributed by atoms with Crippen LogP contribution in [-0.2, 0) is 11.2 Å². The van der Waals surface area contributed by atoms with Gasteiger partial charge in [0.2, 0.25) is 5.91 Å². The molecule has 0 aliphatic rings. The highest BCUT2D eigenvalue weighted by Crippen LogP contribution is 2.09. The van der Waals surface area contributed by atoms with Crippen molar-refractivity contribution < 1.29 is 4.79 Å². The SMILES string of the molecule is CC(C)CNC(=NCC(=O)N(C)C)N(C)CCc1cccs1.I. The van der Waals surface area contributed by atoms with Gasteiger partial charge in [-0.3, -0.25) is 4.79 Å². The second-order valence-corrected chi connectivity index (χ2v) is 6.99. The summed E-state index contributed by atoms with van der Waals surface area (Å²) in [5.74, 6) is 1.33. The fraction of sp³-hybridized carbons (Fsp3) is 0.625. The van der Waals surface area contributed by atoms with Gasteiger partial charge in [-0.05, 0) is 23.8 Å². The van der Waals surface area contributed by atoms with Crippen LogP contribution in [-0.4, -0.2) is 62.4 Å². The van der Waals surface area contributed by atoms with Gasteiger partial charge < -0.3 is 15.1 Å². The van der Waals surface area contributed by atoms with E-state index in [-0.39, 0.29) is 36.4 Å². The van der Waals surface area contributed by atoms with Crippen LogP contribution in [0.5, 0.6) is 0 Å². The summed E-state index contributed by atoms with van der Waals surface area (Å²) in [7, 11) is 5.51. The summed E-state index contributed by atoms with van der Waals surface area (Å²) < 4.78 is 0. The Labute approximate surface area is 161 Å². The molecule has 1 rings (SSSR count). The van der Waals surface area contributed by atoms with Crippen molar-refractivity contribution >= 4 is 47.2 Å². The Morgan fingerprint density at radius 1 is 1.35 bits per heavy atom. The Morgan fingerprint density at radius 3 is 2.57 bits per heavy atom. The number of hydrogen-bond acceptors (Lipinski definition) is 3. The fourth-order valence-corrected chi connectivity index (χ4v) is 2.43. The van der Waals surface area contributed by atoms with Crippen LogP contribution in [0.2, 0.25) is 0 Å². The Hall–Kier alpha value is -0.830. The number of guanidine groups is 1. The van der Waals surface area contributed by atoms with Gasteiger partial charge in [-0.25, -0.2) is 4.99 Å². The lowest BCUT2D eigenvalue weighted by molar-refractivity contribution is -0.127. The molecule has 0 radical (unpaired) electrons. The molecule has 0 unspecified atom stereocenters. The second-order valence-electron chi connectivity index (χ2n) is 5.95. The molecule has 0 fully saturated rings. The van der Waals surface area contributed by atoms with Crippen LogP contribution in [0.25, 0.3) is 0 Å². The van der Waals surface area contributed by atoms with E-state index >= 15 is 0 Å². The van der Waals surface area contributed by atoms with Crippen molar-refractivity contribution in [2.75, 3.05) is 40.8 Å². The molecule has 0 aromatic carbocycles. The highest BCUT2D eigenvalue weighted by molar-refractivity contribution is 14.0. The molecule has 0 bridgehead atoms. The first-order valence-electron chi connectivity index (χ1n) is 7.62. The van der Waals surface area contributed by atoms with E-state index in [9.17, 15) is 4.79 Å². The van der Waals surface area contributed by atoms with E-state index in [0.29, 0.717) is 5.92 Å². The summed E-state index contributed by atoms with van der Waals surface area (Å²) in [5.41, 5.74) is 0. The number of carbonyl (C=O) groups excluding carboxylic acids is 1. The van der Waals surface area contributed by atoms with E-state index < -0.39 is 0 Å². The van der Waals surface area contributed by atoms with Gasteiger partial charge in [-0.15, -0.1) is 35.3 Å². The molecule has 0 atom stereocenters. The molecule has 7 heteroatoms. The Kier molecular flexibility index (Phi) is 11.2. The molecule has 1 heterocycles. The number of carbonyl (C=O) groups is 1. The summed E-state index contributed by atoms with van der Waals surface area (Å²) in [6.07, 6.45) is 0.984. The normalized spacial score (nSPS) is 11.1. The minimum Gasteiger partial charge on any atom is -0.356 e. The summed E-state index contributed by atoms with van der Waals surface area (Å²) in [4.78, 5) is 21.2. The lowest BCUT2D eigenvalue weighted by Crippen LogP contribution is -2.42. The maximum Gasteiger partial charge on any atom is 0.243 e. The molecular formula is C16H29IN4OS. The highest BCUT2D eigenvalue weighted by atomic mass is 127. The molecule has 1 N–H and O–H groups in total. The molecule has 1 aromatic heterocycles. The van der Waals surface area contributed by atoms with Crippen LogP contribution >= 0.6 is 35.3 Å². The van der Waals surface area contributed by atoms with Crippen molar-refractivity contribution in [1.29, 1.82) is 0 Å². The molecule has 0 aliphatic heterocycles.